The Hall–Kier alpha value is -3.18. The molecule has 0 atom stereocenters. The molecule has 4 rings (SSSR count). The van der Waals surface area contributed by atoms with Gasteiger partial charge in [0.15, 0.2) is 5.78 Å². The van der Waals surface area contributed by atoms with Crippen LogP contribution >= 0.6 is 0 Å². The zero-order valence-corrected chi connectivity index (χ0v) is 16.8. The molecule has 1 aliphatic rings. The van der Waals surface area contributed by atoms with Crippen molar-refractivity contribution in [3.63, 3.8) is 0 Å². The molecule has 3 aromatic rings. The van der Waals surface area contributed by atoms with Crippen molar-refractivity contribution in [1.29, 1.82) is 0 Å². The number of carbonyl (C=O) groups is 1. The van der Waals surface area contributed by atoms with Gasteiger partial charge in [0.05, 0.1) is 24.6 Å². The predicted molar refractivity (Wildman–Crippen MR) is 116 cm³/mol. The normalized spacial score (nSPS) is 14.5. The summed E-state index contributed by atoms with van der Waals surface area (Å²) in [5.41, 5.74) is 5.72. The van der Waals surface area contributed by atoms with Crippen LogP contribution in [0.25, 0.3) is 11.8 Å². The summed E-state index contributed by atoms with van der Waals surface area (Å²) < 4.78 is 7.31. The number of allylic oxidation sites excluding steroid dienone is 1. The van der Waals surface area contributed by atoms with E-state index in [0.29, 0.717) is 5.56 Å². The van der Waals surface area contributed by atoms with E-state index in [9.17, 15) is 4.79 Å². The second-order valence-electron chi connectivity index (χ2n) is 7.18. The van der Waals surface area contributed by atoms with Gasteiger partial charge in [-0.1, -0.05) is 18.2 Å². The fourth-order valence-electron chi connectivity index (χ4n) is 3.63. The molecule has 2 heterocycles. The van der Waals surface area contributed by atoms with Crippen molar-refractivity contribution in [2.24, 2.45) is 0 Å². The zero-order chi connectivity index (χ0) is 20.2. The van der Waals surface area contributed by atoms with Crippen LogP contribution in [0.15, 0.2) is 60.7 Å². The van der Waals surface area contributed by atoms with Gasteiger partial charge in [0, 0.05) is 35.6 Å². The Kier molecular flexibility index (Phi) is 5.58. The number of morpholine rings is 1. The Morgan fingerprint density at radius 1 is 0.966 bits per heavy atom. The lowest BCUT2D eigenvalue weighted by Gasteiger charge is -2.28. The number of aryl methyl sites for hydroxylation is 1. The highest BCUT2D eigenvalue weighted by Gasteiger charge is 2.13. The molecule has 2 aromatic carbocycles. The standard InChI is InChI=1S/C24H25N3O2/c1-18-23(19(2)27(25-18)22-6-4-3-5-7-22)12-13-24(28)20-8-10-21(11-9-20)26-14-16-29-17-15-26/h3-13H,14-17H2,1-2H3. The Labute approximate surface area is 171 Å². The highest BCUT2D eigenvalue weighted by molar-refractivity contribution is 6.07. The lowest BCUT2D eigenvalue weighted by atomic mass is 10.1. The van der Waals surface area contributed by atoms with E-state index in [1.807, 2.05) is 79.2 Å². The number of carbonyl (C=O) groups excluding carboxylic acids is 1. The van der Waals surface area contributed by atoms with Crippen LogP contribution in [-0.4, -0.2) is 41.9 Å². The first-order valence-electron chi connectivity index (χ1n) is 9.90. The number of aromatic nitrogens is 2. The van der Waals surface area contributed by atoms with Gasteiger partial charge in [-0.15, -0.1) is 0 Å². The Morgan fingerprint density at radius 2 is 1.66 bits per heavy atom. The first kappa shape index (κ1) is 19.2. The topological polar surface area (TPSA) is 47.4 Å². The highest BCUT2D eigenvalue weighted by Crippen LogP contribution is 2.20. The Morgan fingerprint density at radius 3 is 2.34 bits per heavy atom. The van der Waals surface area contributed by atoms with Gasteiger partial charge in [0.25, 0.3) is 0 Å². The third kappa shape index (κ3) is 4.15. The molecule has 1 aromatic heterocycles. The van der Waals surface area contributed by atoms with Gasteiger partial charge in [-0.05, 0) is 62.4 Å². The first-order chi connectivity index (χ1) is 14.1. The second kappa shape index (κ2) is 8.45. The van der Waals surface area contributed by atoms with Crippen LogP contribution in [0, 0.1) is 13.8 Å². The predicted octanol–water partition coefficient (Wildman–Crippen LogP) is 4.22. The van der Waals surface area contributed by atoms with E-state index in [1.54, 1.807) is 6.08 Å². The van der Waals surface area contributed by atoms with Gasteiger partial charge in [-0.2, -0.15) is 5.10 Å². The minimum absolute atomic E-state index is 0.00945. The largest absolute Gasteiger partial charge is 0.378 e. The molecule has 1 saturated heterocycles. The van der Waals surface area contributed by atoms with E-state index in [1.165, 1.54) is 0 Å². The van der Waals surface area contributed by atoms with E-state index in [4.69, 9.17) is 4.74 Å². The SMILES string of the molecule is Cc1nn(-c2ccccc2)c(C)c1C=CC(=O)c1ccc(N2CCOCC2)cc1. The number of hydrogen-bond donors (Lipinski definition) is 0. The molecule has 1 fully saturated rings. The summed E-state index contributed by atoms with van der Waals surface area (Å²) in [4.78, 5) is 14.9. The van der Waals surface area contributed by atoms with E-state index in [0.717, 1.165) is 54.6 Å². The van der Waals surface area contributed by atoms with Crippen molar-refractivity contribution < 1.29 is 9.53 Å². The summed E-state index contributed by atoms with van der Waals surface area (Å²) in [5, 5.41) is 4.63. The molecule has 0 saturated carbocycles. The number of para-hydroxylation sites is 1. The number of benzene rings is 2. The van der Waals surface area contributed by atoms with E-state index < -0.39 is 0 Å². The van der Waals surface area contributed by atoms with Crippen molar-refractivity contribution >= 4 is 17.5 Å². The molecule has 0 radical (unpaired) electrons. The fourth-order valence-corrected chi connectivity index (χ4v) is 3.63. The quantitative estimate of drug-likeness (QED) is 0.486. The third-order valence-corrected chi connectivity index (χ3v) is 5.28. The van der Waals surface area contributed by atoms with Crippen LogP contribution in [0.3, 0.4) is 0 Å². The number of nitrogens with zero attached hydrogens (tertiary/aromatic N) is 3. The summed E-state index contributed by atoms with van der Waals surface area (Å²) in [5.74, 6) is -0.00945. The molecule has 0 amide bonds. The molecule has 0 bridgehead atoms. The van der Waals surface area contributed by atoms with Gasteiger partial charge in [-0.25, -0.2) is 4.68 Å². The third-order valence-electron chi connectivity index (χ3n) is 5.28. The second-order valence-corrected chi connectivity index (χ2v) is 7.18. The molecule has 148 valence electrons. The summed E-state index contributed by atoms with van der Waals surface area (Å²) >= 11 is 0. The fraction of sp³-hybridized carbons (Fsp3) is 0.250. The molecule has 1 aliphatic heterocycles. The molecule has 5 heteroatoms. The van der Waals surface area contributed by atoms with Crippen molar-refractivity contribution in [2.75, 3.05) is 31.2 Å². The number of rotatable bonds is 5. The number of ether oxygens (including phenoxy) is 1. The maximum absolute atomic E-state index is 12.7. The zero-order valence-electron chi connectivity index (χ0n) is 16.8. The van der Waals surface area contributed by atoms with Crippen molar-refractivity contribution in [1.82, 2.24) is 9.78 Å². The van der Waals surface area contributed by atoms with Crippen LogP contribution in [0.2, 0.25) is 0 Å². The summed E-state index contributed by atoms with van der Waals surface area (Å²) in [7, 11) is 0. The molecular formula is C24H25N3O2. The molecule has 0 aliphatic carbocycles. The molecular weight excluding hydrogens is 362 g/mol. The number of hydrogen-bond acceptors (Lipinski definition) is 4. The van der Waals surface area contributed by atoms with Crippen molar-refractivity contribution in [3.05, 3.63) is 83.2 Å². The summed E-state index contributed by atoms with van der Waals surface area (Å²) in [6.07, 6.45) is 3.51. The number of ketones is 1. The Bertz CT molecular complexity index is 1010. The molecule has 0 unspecified atom stereocenters. The van der Waals surface area contributed by atoms with Gasteiger partial charge < -0.3 is 9.64 Å². The minimum Gasteiger partial charge on any atom is -0.378 e. The lowest BCUT2D eigenvalue weighted by molar-refractivity contribution is 0.104. The lowest BCUT2D eigenvalue weighted by Crippen LogP contribution is -2.36. The van der Waals surface area contributed by atoms with E-state index in [2.05, 4.69) is 10.00 Å². The van der Waals surface area contributed by atoms with Crippen molar-refractivity contribution in [2.45, 2.75) is 13.8 Å². The molecule has 0 spiro atoms. The monoisotopic (exact) mass is 387 g/mol. The highest BCUT2D eigenvalue weighted by atomic mass is 16.5. The van der Waals surface area contributed by atoms with E-state index >= 15 is 0 Å². The van der Waals surface area contributed by atoms with Gasteiger partial charge in [-0.3, -0.25) is 4.79 Å². The van der Waals surface area contributed by atoms with Crippen LogP contribution in [0.4, 0.5) is 5.69 Å². The number of anilines is 1. The summed E-state index contributed by atoms with van der Waals surface area (Å²) in [6, 6.07) is 17.8. The van der Waals surface area contributed by atoms with Gasteiger partial charge >= 0.3 is 0 Å². The Balaban J connectivity index is 1.50. The summed E-state index contributed by atoms with van der Waals surface area (Å²) in [6.45, 7) is 7.26. The van der Waals surface area contributed by atoms with Gasteiger partial charge in [0.2, 0.25) is 0 Å². The maximum atomic E-state index is 12.7. The van der Waals surface area contributed by atoms with Crippen LogP contribution in [0.5, 0.6) is 0 Å². The van der Waals surface area contributed by atoms with Crippen molar-refractivity contribution in [3.8, 4) is 5.69 Å². The minimum atomic E-state index is -0.00945. The van der Waals surface area contributed by atoms with Crippen LogP contribution < -0.4 is 4.90 Å². The average molecular weight is 387 g/mol. The van der Waals surface area contributed by atoms with E-state index in [-0.39, 0.29) is 5.78 Å². The molecule has 29 heavy (non-hydrogen) atoms. The molecule has 5 nitrogen and oxygen atoms in total. The average Bonchev–Trinajstić information content (AvgIpc) is 3.07. The maximum Gasteiger partial charge on any atom is 0.185 e. The van der Waals surface area contributed by atoms with Crippen LogP contribution in [0.1, 0.15) is 27.3 Å². The molecule has 0 N–H and O–H groups in total. The van der Waals surface area contributed by atoms with Crippen LogP contribution in [-0.2, 0) is 4.74 Å². The first-order valence-corrected chi connectivity index (χ1v) is 9.90. The smallest absolute Gasteiger partial charge is 0.185 e. The van der Waals surface area contributed by atoms with Gasteiger partial charge in [0.1, 0.15) is 0 Å².